The van der Waals surface area contributed by atoms with Crippen molar-refractivity contribution in [2.75, 3.05) is 24.8 Å². The average molecular weight is 460 g/mol. The Labute approximate surface area is 192 Å². The van der Waals surface area contributed by atoms with Crippen LogP contribution in [-0.2, 0) is 9.53 Å². The van der Waals surface area contributed by atoms with E-state index in [2.05, 4.69) is 5.32 Å². The quantitative estimate of drug-likeness (QED) is 0.299. The first-order valence-corrected chi connectivity index (χ1v) is 11.5. The number of aliphatic hydroxyl groups is 1. The SMILES string of the molecule is CSc1ccc(NC(=O)O[C@H](c2ccc(OCCO)cc2)[C@@H](C)CC/C=C/C(=O)O)cc1. The number of carbonyl (C=O) groups is 2. The van der Waals surface area contributed by atoms with Gasteiger partial charge in [0.2, 0.25) is 0 Å². The number of carboxylic acid groups (broad SMARTS) is 1. The largest absolute Gasteiger partial charge is 0.491 e. The minimum Gasteiger partial charge on any atom is -0.491 e. The second-order valence-electron chi connectivity index (χ2n) is 7.12. The highest BCUT2D eigenvalue weighted by atomic mass is 32.2. The zero-order valence-electron chi connectivity index (χ0n) is 18.2. The molecule has 2 atom stereocenters. The van der Waals surface area contributed by atoms with Crippen molar-refractivity contribution < 1.29 is 29.3 Å². The molecule has 2 rings (SSSR count). The number of anilines is 1. The first kappa shape index (κ1) is 25.3. The summed E-state index contributed by atoms with van der Waals surface area (Å²) in [4.78, 5) is 24.4. The van der Waals surface area contributed by atoms with E-state index in [0.717, 1.165) is 16.5 Å². The number of amides is 1. The van der Waals surface area contributed by atoms with E-state index < -0.39 is 18.2 Å². The maximum atomic E-state index is 12.6. The lowest BCUT2D eigenvalue weighted by Gasteiger charge is -2.25. The second-order valence-corrected chi connectivity index (χ2v) is 8.00. The molecule has 3 N–H and O–H groups in total. The number of allylic oxidation sites excluding steroid dienone is 1. The molecule has 0 heterocycles. The lowest BCUT2D eigenvalue weighted by molar-refractivity contribution is -0.131. The smallest absolute Gasteiger partial charge is 0.412 e. The van der Waals surface area contributed by atoms with Gasteiger partial charge in [0.1, 0.15) is 18.5 Å². The van der Waals surface area contributed by atoms with Crippen LogP contribution in [0.3, 0.4) is 0 Å². The van der Waals surface area contributed by atoms with Crippen molar-refractivity contribution in [3.05, 3.63) is 66.2 Å². The highest BCUT2D eigenvalue weighted by molar-refractivity contribution is 7.98. The van der Waals surface area contributed by atoms with Crippen LogP contribution in [0.25, 0.3) is 0 Å². The number of rotatable bonds is 12. The molecule has 0 spiro atoms. The minimum absolute atomic E-state index is 0.0673. The van der Waals surface area contributed by atoms with Gasteiger partial charge in [0.15, 0.2) is 0 Å². The third kappa shape index (κ3) is 8.64. The number of aliphatic hydroxyl groups excluding tert-OH is 1. The lowest BCUT2D eigenvalue weighted by atomic mass is 9.93. The maximum absolute atomic E-state index is 12.6. The number of aliphatic carboxylic acids is 1. The number of benzene rings is 2. The van der Waals surface area contributed by atoms with Crippen molar-refractivity contribution >= 4 is 29.5 Å². The second kappa shape index (κ2) is 13.4. The molecular weight excluding hydrogens is 430 g/mol. The molecule has 0 aliphatic carbocycles. The fraction of sp³-hybridized carbons (Fsp3) is 0.333. The fourth-order valence-corrected chi connectivity index (χ4v) is 3.47. The molecule has 0 aliphatic heterocycles. The predicted octanol–water partition coefficient (Wildman–Crippen LogP) is 5.13. The van der Waals surface area contributed by atoms with Crippen LogP contribution in [0.15, 0.2) is 65.6 Å². The highest BCUT2D eigenvalue weighted by Crippen LogP contribution is 2.31. The van der Waals surface area contributed by atoms with Crippen molar-refractivity contribution in [3.8, 4) is 5.75 Å². The summed E-state index contributed by atoms with van der Waals surface area (Å²) >= 11 is 1.61. The molecule has 0 saturated heterocycles. The third-order valence-electron chi connectivity index (χ3n) is 4.71. The van der Waals surface area contributed by atoms with E-state index in [9.17, 15) is 9.59 Å². The monoisotopic (exact) mass is 459 g/mol. The van der Waals surface area contributed by atoms with Gasteiger partial charge in [-0.15, -0.1) is 11.8 Å². The first-order chi connectivity index (χ1) is 15.4. The van der Waals surface area contributed by atoms with Gasteiger partial charge in [-0.25, -0.2) is 9.59 Å². The summed E-state index contributed by atoms with van der Waals surface area (Å²) in [5, 5.41) is 20.4. The molecule has 0 radical (unpaired) electrons. The number of hydrogen-bond donors (Lipinski definition) is 3. The molecule has 2 aromatic carbocycles. The Bertz CT molecular complexity index is 882. The molecular formula is C24H29NO6S. The van der Waals surface area contributed by atoms with E-state index in [1.165, 1.54) is 0 Å². The van der Waals surface area contributed by atoms with Crippen LogP contribution in [0.1, 0.15) is 31.4 Å². The highest BCUT2D eigenvalue weighted by Gasteiger charge is 2.23. The standard InChI is InChI=1S/C24H29NO6S/c1-17(5-3-4-6-22(27)28)23(18-7-11-20(12-8-18)30-16-15-26)31-24(29)25-19-9-13-21(32-2)14-10-19/h4,6-14,17,23,26H,3,5,15-16H2,1-2H3,(H,25,29)(H,27,28)/b6-4+/t17-,23-/m0/s1. The van der Waals surface area contributed by atoms with Crippen molar-refractivity contribution in [1.29, 1.82) is 0 Å². The van der Waals surface area contributed by atoms with Crippen LogP contribution in [-0.4, -0.2) is 41.7 Å². The van der Waals surface area contributed by atoms with Crippen molar-refractivity contribution in [1.82, 2.24) is 0 Å². The molecule has 0 aliphatic rings. The van der Waals surface area contributed by atoms with E-state index in [-0.39, 0.29) is 19.1 Å². The molecule has 2 aromatic rings. The number of carbonyl (C=O) groups excluding carboxylic acids is 1. The van der Waals surface area contributed by atoms with Gasteiger partial charge in [-0.3, -0.25) is 5.32 Å². The van der Waals surface area contributed by atoms with Crippen LogP contribution in [0.5, 0.6) is 5.75 Å². The Hall–Kier alpha value is -2.97. The Balaban J connectivity index is 2.10. The zero-order chi connectivity index (χ0) is 23.3. The predicted molar refractivity (Wildman–Crippen MR) is 125 cm³/mol. The number of ether oxygens (including phenoxy) is 2. The molecule has 0 saturated carbocycles. The van der Waals surface area contributed by atoms with E-state index in [1.54, 1.807) is 30.0 Å². The van der Waals surface area contributed by atoms with E-state index >= 15 is 0 Å². The Morgan fingerprint density at radius 2 is 1.81 bits per heavy atom. The molecule has 1 amide bonds. The molecule has 0 fully saturated rings. The van der Waals surface area contributed by atoms with Gasteiger partial charge in [-0.1, -0.05) is 25.1 Å². The minimum atomic E-state index is -0.990. The lowest BCUT2D eigenvalue weighted by Crippen LogP contribution is -2.22. The third-order valence-corrected chi connectivity index (χ3v) is 5.45. The topological polar surface area (TPSA) is 105 Å². The molecule has 32 heavy (non-hydrogen) atoms. The fourth-order valence-electron chi connectivity index (χ4n) is 3.06. The number of carboxylic acids is 1. The molecule has 0 unspecified atom stereocenters. The first-order valence-electron chi connectivity index (χ1n) is 10.3. The number of nitrogens with one attached hydrogen (secondary N) is 1. The summed E-state index contributed by atoms with van der Waals surface area (Å²) in [7, 11) is 0. The zero-order valence-corrected chi connectivity index (χ0v) is 19.0. The van der Waals surface area contributed by atoms with Gasteiger partial charge >= 0.3 is 12.1 Å². The van der Waals surface area contributed by atoms with Crippen molar-refractivity contribution in [3.63, 3.8) is 0 Å². The summed E-state index contributed by atoms with van der Waals surface area (Å²) in [6.07, 6.45) is 4.76. The van der Waals surface area contributed by atoms with Crippen LogP contribution in [0.4, 0.5) is 10.5 Å². The number of hydrogen-bond acceptors (Lipinski definition) is 6. The summed E-state index contributed by atoms with van der Waals surface area (Å²) in [6.45, 7) is 2.08. The van der Waals surface area contributed by atoms with E-state index in [4.69, 9.17) is 19.7 Å². The summed E-state index contributed by atoms with van der Waals surface area (Å²) in [5.41, 5.74) is 1.43. The van der Waals surface area contributed by atoms with Gasteiger partial charge in [-0.2, -0.15) is 0 Å². The average Bonchev–Trinajstić information content (AvgIpc) is 2.79. The normalized spacial score (nSPS) is 12.8. The molecule has 0 bridgehead atoms. The van der Waals surface area contributed by atoms with E-state index in [0.29, 0.717) is 24.3 Å². The molecule has 172 valence electrons. The summed E-state index contributed by atoms with van der Waals surface area (Å²) in [6, 6.07) is 14.6. The van der Waals surface area contributed by atoms with Gasteiger partial charge in [0, 0.05) is 16.7 Å². The Kier molecular flexibility index (Phi) is 10.6. The van der Waals surface area contributed by atoms with Crippen LogP contribution >= 0.6 is 11.8 Å². The van der Waals surface area contributed by atoms with E-state index in [1.807, 2.05) is 49.6 Å². The Morgan fingerprint density at radius 1 is 1.12 bits per heavy atom. The van der Waals surface area contributed by atoms with Gasteiger partial charge < -0.3 is 19.7 Å². The molecule has 0 aromatic heterocycles. The summed E-state index contributed by atoms with van der Waals surface area (Å²) < 4.78 is 11.2. The Morgan fingerprint density at radius 3 is 2.41 bits per heavy atom. The molecule has 8 heteroatoms. The van der Waals surface area contributed by atoms with Crippen LogP contribution in [0.2, 0.25) is 0 Å². The van der Waals surface area contributed by atoms with Gasteiger partial charge in [0.05, 0.1) is 6.61 Å². The van der Waals surface area contributed by atoms with Crippen molar-refractivity contribution in [2.24, 2.45) is 5.92 Å². The summed E-state index contributed by atoms with van der Waals surface area (Å²) in [5.74, 6) is -0.449. The van der Waals surface area contributed by atoms with Gasteiger partial charge in [0.25, 0.3) is 0 Å². The maximum Gasteiger partial charge on any atom is 0.412 e. The molecule has 7 nitrogen and oxygen atoms in total. The van der Waals surface area contributed by atoms with Crippen molar-refractivity contribution in [2.45, 2.75) is 30.8 Å². The van der Waals surface area contributed by atoms with Crippen LogP contribution < -0.4 is 10.1 Å². The van der Waals surface area contributed by atoms with Crippen LogP contribution in [0, 0.1) is 5.92 Å². The van der Waals surface area contributed by atoms with Gasteiger partial charge in [-0.05, 0) is 67.0 Å². The number of thioether (sulfide) groups is 1.